The van der Waals surface area contributed by atoms with Crippen molar-refractivity contribution in [2.24, 2.45) is 5.73 Å². The first-order valence-corrected chi connectivity index (χ1v) is 4.89. The van der Waals surface area contributed by atoms with E-state index >= 15 is 0 Å². The number of benzene rings is 1. The number of carbonyl (C=O) groups is 3. The molecule has 0 aliphatic carbocycles. The number of hydrogen-bond donors (Lipinski definition) is 3. The van der Waals surface area contributed by atoms with Crippen molar-refractivity contribution in [1.29, 1.82) is 0 Å². The average Bonchev–Trinajstić information content (AvgIpc) is 2.35. The lowest BCUT2D eigenvalue weighted by Crippen LogP contribution is -2.45. The highest BCUT2D eigenvalue weighted by molar-refractivity contribution is 5.93. The van der Waals surface area contributed by atoms with Gasteiger partial charge in [0, 0.05) is 0 Å². The monoisotopic (exact) mass is 253 g/mol. The van der Waals surface area contributed by atoms with Gasteiger partial charge in [-0.2, -0.15) is 0 Å². The van der Waals surface area contributed by atoms with Crippen LogP contribution in [0, 0.1) is 0 Å². The van der Waals surface area contributed by atoms with E-state index in [1.54, 1.807) is 18.2 Å². The molecule has 0 aromatic heterocycles. The van der Waals surface area contributed by atoms with E-state index in [0.717, 1.165) is 0 Å². The minimum atomic E-state index is -2.10. The van der Waals surface area contributed by atoms with Crippen LogP contribution in [0.5, 0.6) is 0 Å². The van der Waals surface area contributed by atoms with E-state index in [1.807, 2.05) is 0 Å². The number of amides is 1. The molecular weight excluding hydrogens is 242 g/mol. The molecule has 1 aromatic carbocycles. The molecule has 2 atom stereocenters. The van der Waals surface area contributed by atoms with Gasteiger partial charge in [-0.25, -0.2) is 9.59 Å². The third-order valence-electron chi connectivity index (χ3n) is 2.07. The van der Waals surface area contributed by atoms with E-state index in [0.29, 0.717) is 0 Å². The van der Waals surface area contributed by atoms with Crippen LogP contribution in [-0.2, 0) is 14.3 Å². The molecule has 0 heterocycles. The maximum atomic E-state index is 11.5. The van der Waals surface area contributed by atoms with Crippen molar-refractivity contribution in [3.05, 3.63) is 35.9 Å². The van der Waals surface area contributed by atoms with Crippen molar-refractivity contribution in [3.63, 3.8) is 0 Å². The molecule has 0 unspecified atom stereocenters. The fourth-order valence-corrected chi connectivity index (χ4v) is 1.16. The summed E-state index contributed by atoms with van der Waals surface area (Å²) in [5.74, 6) is -3.92. The number of carbonyl (C=O) groups excluding carboxylic acids is 2. The summed E-state index contributed by atoms with van der Waals surface area (Å²) in [6, 6.07) is 7.56. The van der Waals surface area contributed by atoms with Gasteiger partial charge in [0.05, 0.1) is 5.56 Å². The van der Waals surface area contributed by atoms with Crippen molar-refractivity contribution in [1.82, 2.24) is 0 Å². The molecule has 0 bridgehead atoms. The molecule has 0 aliphatic heterocycles. The summed E-state index contributed by atoms with van der Waals surface area (Å²) in [5, 5.41) is 18.0. The Morgan fingerprint density at radius 1 is 1.17 bits per heavy atom. The van der Waals surface area contributed by atoms with Crippen molar-refractivity contribution >= 4 is 17.8 Å². The molecule has 0 saturated heterocycles. The second-order valence-electron chi connectivity index (χ2n) is 3.38. The lowest BCUT2D eigenvalue weighted by atomic mass is 10.2. The first kappa shape index (κ1) is 13.7. The van der Waals surface area contributed by atoms with Gasteiger partial charge < -0.3 is 20.7 Å². The van der Waals surface area contributed by atoms with Crippen LogP contribution in [0.25, 0.3) is 0 Å². The second-order valence-corrected chi connectivity index (χ2v) is 3.38. The van der Waals surface area contributed by atoms with Crippen LogP contribution in [0.2, 0.25) is 0 Å². The second kappa shape index (κ2) is 5.78. The number of carboxylic acid groups (broad SMARTS) is 1. The number of carboxylic acids is 1. The highest BCUT2D eigenvalue weighted by Gasteiger charge is 2.34. The Kier molecular flexibility index (Phi) is 4.39. The zero-order valence-electron chi connectivity index (χ0n) is 9.15. The number of nitrogens with two attached hydrogens (primary N) is 1. The molecule has 4 N–H and O–H groups in total. The third-order valence-corrected chi connectivity index (χ3v) is 2.07. The number of rotatable bonds is 5. The Balaban J connectivity index is 2.83. The van der Waals surface area contributed by atoms with Crippen molar-refractivity contribution in [2.45, 2.75) is 12.2 Å². The van der Waals surface area contributed by atoms with E-state index in [-0.39, 0.29) is 5.56 Å². The number of esters is 1. The van der Waals surface area contributed by atoms with Crippen LogP contribution in [0.15, 0.2) is 30.3 Å². The first-order chi connectivity index (χ1) is 8.43. The van der Waals surface area contributed by atoms with Gasteiger partial charge in [0.2, 0.25) is 6.10 Å². The Hall–Kier alpha value is -2.41. The summed E-state index contributed by atoms with van der Waals surface area (Å²) in [6.07, 6.45) is -4.13. The summed E-state index contributed by atoms with van der Waals surface area (Å²) in [4.78, 5) is 33.0. The van der Waals surface area contributed by atoms with Crippen molar-refractivity contribution in [3.8, 4) is 0 Å². The highest BCUT2D eigenvalue weighted by atomic mass is 16.6. The van der Waals surface area contributed by atoms with Gasteiger partial charge in [-0.05, 0) is 12.1 Å². The van der Waals surface area contributed by atoms with Gasteiger partial charge in [-0.15, -0.1) is 0 Å². The number of primary amides is 1. The first-order valence-electron chi connectivity index (χ1n) is 4.89. The molecule has 1 rings (SSSR count). The standard InChI is InChI=1S/C11H11NO6/c12-9(14)7(13)8(10(15)16)18-11(17)6-4-2-1-3-5-6/h1-5,7-8,13H,(H2,12,14)(H,15,16)/t7-,8-/m1/s1. The quantitative estimate of drug-likeness (QED) is 0.586. The predicted octanol–water partition coefficient (Wildman–Crippen LogP) is -0.857. The van der Waals surface area contributed by atoms with Crippen molar-refractivity contribution in [2.75, 3.05) is 0 Å². The van der Waals surface area contributed by atoms with E-state index < -0.39 is 30.1 Å². The molecule has 1 amide bonds. The topological polar surface area (TPSA) is 127 Å². The number of aliphatic hydroxyl groups is 1. The number of aliphatic hydroxyl groups excluding tert-OH is 1. The average molecular weight is 253 g/mol. The van der Waals surface area contributed by atoms with Crippen LogP contribution in [0.4, 0.5) is 0 Å². The normalized spacial score (nSPS) is 13.4. The lowest BCUT2D eigenvalue weighted by molar-refractivity contribution is -0.157. The highest BCUT2D eigenvalue weighted by Crippen LogP contribution is 2.07. The lowest BCUT2D eigenvalue weighted by Gasteiger charge is -2.16. The van der Waals surface area contributed by atoms with Crippen LogP contribution in [0.3, 0.4) is 0 Å². The van der Waals surface area contributed by atoms with Crippen LogP contribution in [0.1, 0.15) is 10.4 Å². The Labute approximate surface area is 102 Å². The molecule has 0 aliphatic rings. The number of aliphatic carboxylic acids is 1. The minimum absolute atomic E-state index is 0.0976. The fourth-order valence-electron chi connectivity index (χ4n) is 1.16. The van der Waals surface area contributed by atoms with Gasteiger partial charge in [0.25, 0.3) is 5.91 Å². The number of ether oxygens (including phenoxy) is 1. The molecule has 7 nitrogen and oxygen atoms in total. The minimum Gasteiger partial charge on any atom is -0.478 e. The third kappa shape index (κ3) is 3.29. The van der Waals surface area contributed by atoms with Gasteiger partial charge >= 0.3 is 11.9 Å². The van der Waals surface area contributed by atoms with Gasteiger partial charge in [-0.1, -0.05) is 18.2 Å². The number of hydrogen-bond acceptors (Lipinski definition) is 5. The summed E-state index contributed by atoms with van der Waals surface area (Å²) >= 11 is 0. The van der Waals surface area contributed by atoms with Crippen LogP contribution >= 0.6 is 0 Å². The van der Waals surface area contributed by atoms with Gasteiger partial charge in [-0.3, -0.25) is 4.79 Å². The zero-order valence-corrected chi connectivity index (χ0v) is 9.15. The summed E-state index contributed by atoms with van der Waals surface area (Å²) < 4.78 is 4.53. The van der Waals surface area contributed by atoms with Crippen LogP contribution < -0.4 is 5.73 Å². The van der Waals surface area contributed by atoms with E-state index in [4.69, 9.17) is 10.8 Å². The smallest absolute Gasteiger partial charge is 0.348 e. The maximum absolute atomic E-state index is 11.5. The van der Waals surface area contributed by atoms with E-state index in [9.17, 15) is 19.5 Å². The zero-order chi connectivity index (χ0) is 13.7. The molecule has 1 aromatic rings. The Morgan fingerprint density at radius 2 is 1.72 bits per heavy atom. The molecular formula is C11H11NO6. The maximum Gasteiger partial charge on any atom is 0.348 e. The molecule has 7 heteroatoms. The van der Waals surface area contributed by atoms with Gasteiger partial charge in [0.15, 0.2) is 6.10 Å². The SMILES string of the molecule is NC(=O)[C@H](O)[C@@H](OC(=O)c1ccccc1)C(=O)O. The largest absolute Gasteiger partial charge is 0.478 e. The molecule has 0 fully saturated rings. The van der Waals surface area contributed by atoms with Crippen molar-refractivity contribution < 1.29 is 29.3 Å². The summed E-state index contributed by atoms with van der Waals surface area (Å²) in [5.41, 5.74) is 4.84. The Bertz CT molecular complexity index is 458. The fraction of sp³-hybridized carbons (Fsp3) is 0.182. The van der Waals surface area contributed by atoms with E-state index in [1.165, 1.54) is 12.1 Å². The summed E-state index contributed by atoms with van der Waals surface area (Å²) in [6.45, 7) is 0. The van der Waals surface area contributed by atoms with Crippen LogP contribution in [-0.4, -0.2) is 40.3 Å². The Morgan fingerprint density at radius 3 is 2.17 bits per heavy atom. The molecule has 96 valence electrons. The predicted molar refractivity (Wildman–Crippen MR) is 58.5 cm³/mol. The molecule has 0 spiro atoms. The molecule has 0 radical (unpaired) electrons. The summed E-state index contributed by atoms with van der Waals surface area (Å²) in [7, 11) is 0. The van der Waals surface area contributed by atoms with Gasteiger partial charge in [0.1, 0.15) is 0 Å². The van der Waals surface area contributed by atoms with E-state index in [2.05, 4.69) is 4.74 Å². The molecule has 0 saturated carbocycles. The molecule has 18 heavy (non-hydrogen) atoms.